The molecule has 0 unspecified atom stereocenters. The predicted octanol–water partition coefficient (Wildman–Crippen LogP) is 5.50. The highest BCUT2D eigenvalue weighted by Crippen LogP contribution is 2.39. The highest BCUT2D eigenvalue weighted by molar-refractivity contribution is 6.99. The molecule has 0 radical (unpaired) electrons. The van der Waals surface area contributed by atoms with Crippen LogP contribution in [0.3, 0.4) is 0 Å². The topological polar surface area (TPSA) is 96.0 Å². The zero-order valence-corrected chi connectivity index (χ0v) is 33.1. The molecule has 0 saturated carbocycles. The molecule has 0 spiro atoms. The molecular formula is C41H52ClN7O3Si. The molecule has 1 amide bonds. The second kappa shape index (κ2) is 16.2. The molecule has 280 valence electrons. The Labute approximate surface area is 320 Å². The Bertz CT molecular complexity index is 1780. The van der Waals surface area contributed by atoms with Crippen LogP contribution >= 0.6 is 11.6 Å². The molecule has 2 atom stereocenters. The van der Waals surface area contributed by atoms with Gasteiger partial charge < -0.3 is 19.4 Å². The summed E-state index contributed by atoms with van der Waals surface area (Å²) in [6, 6.07) is 26.0. The maximum atomic E-state index is 11.8. The summed E-state index contributed by atoms with van der Waals surface area (Å²) in [4.78, 5) is 32.9. The lowest BCUT2D eigenvalue weighted by Gasteiger charge is -2.44. The van der Waals surface area contributed by atoms with Gasteiger partial charge in [-0.25, -0.2) is 15.0 Å². The maximum absolute atomic E-state index is 11.8. The number of halogens is 1. The number of carbonyl (C=O) groups excluding carboxylic acids is 1. The van der Waals surface area contributed by atoms with Crippen molar-refractivity contribution in [1.29, 1.82) is 0 Å². The summed E-state index contributed by atoms with van der Waals surface area (Å²) in [5.74, 6) is 2.19. The number of piperidine rings is 1. The van der Waals surface area contributed by atoms with Gasteiger partial charge in [-0.1, -0.05) is 93.0 Å². The van der Waals surface area contributed by atoms with Gasteiger partial charge in [0.05, 0.1) is 18.5 Å². The van der Waals surface area contributed by atoms with E-state index < -0.39 is 8.32 Å². The Morgan fingerprint density at radius 1 is 0.925 bits per heavy atom. The number of fused-ring (bicyclic) bond motifs is 1. The number of pyridine rings is 1. The molecule has 1 N–H and O–H groups in total. The van der Waals surface area contributed by atoms with Crippen LogP contribution in [0.4, 0.5) is 5.95 Å². The Hall–Kier alpha value is -3.87. The third-order valence-corrected chi connectivity index (χ3v) is 16.4. The number of anilines is 1. The lowest BCUT2D eigenvalue weighted by atomic mass is 9.93. The van der Waals surface area contributed by atoms with Crippen LogP contribution < -0.4 is 25.3 Å². The third kappa shape index (κ3) is 8.60. The number of rotatable bonds is 11. The lowest BCUT2D eigenvalue weighted by Crippen LogP contribution is -2.67. The minimum atomic E-state index is -2.63. The Kier molecular flexibility index (Phi) is 11.5. The summed E-state index contributed by atoms with van der Waals surface area (Å²) in [6.45, 7) is 13.2. The van der Waals surface area contributed by atoms with Crippen molar-refractivity contribution in [2.45, 2.75) is 70.2 Å². The van der Waals surface area contributed by atoms with Crippen molar-refractivity contribution in [3.8, 4) is 11.6 Å². The van der Waals surface area contributed by atoms with Crippen molar-refractivity contribution in [1.82, 2.24) is 30.1 Å². The van der Waals surface area contributed by atoms with Gasteiger partial charge in [0.1, 0.15) is 5.15 Å². The second-order valence-corrected chi connectivity index (χ2v) is 20.4. The average molecular weight is 754 g/mol. The van der Waals surface area contributed by atoms with Crippen molar-refractivity contribution >= 4 is 42.1 Å². The Morgan fingerprint density at radius 3 is 2.21 bits per heavy atom. The van der Waals surface area contributed by atoms with Crippen molar-refractivity contribution < 1.29 is 14.0 Å². The molecule has 3 fully saturated rings. The normalized spacial score (nSPS) is 20.3. The van der Waals surface area contributed by atoms with Crippen molar-refractivity contribution in [3.05, 3.63) is 95.9 Å². The first-order valence-electron chi connectivity index (χ1n) is 19.0. The number of carbonyl (C=O) groups is 1. The van der Waals surface area contributed by atoms with Crippen molar-refractivity contribution in [3.63, 3.8) is 0 Å². The summed E-state index contributed by atoms with van der Waals surface area (Å²) in [6.07, 6.45) is 7.16. The number of piperazine rings is 1. The summed E-state index contributed by atoms with van der Waals surface area (Å²) in [5, 5.41) is 5.71. The average Bonchev–Trinajstić information content (AvgIpc) is 3.56. The van der Waals surface area contributed by atoms with E-state index in [0.29, 0.717) is 41.1 Å². The molecule has 2 aromatic heterocycles. The van der Waals surface area contributed by atoms with Crippen LogP contribution in [0.2, 0.25) is 10.2 Å². The smallest absolute Gasteiger partial charge is 0.261 e. The largest absolute Gasteiger partial charge is 0.436 e. The highest BCUT2D eigenvalue weighted by atomic mass is 35.5. The number of likely N-dealkylation sites (tertiary alicyclic amines) is 1. The van der Waals surface area contributed by atoms with E-state index >= 15 is 0 Å². The molecule has 53 heavy (non-hydrogen) atoms. The molecule has 12 heteroatoms. The van der Waals surface area contributed by atoms with Gasteiger partial charge in [-0.15, -0.1) is 0 Å². The van der Waals surface area contributed by atoms with Crippen LogP contribution in [-0.2, 0) is 15.8 Å². The number of aromatic nitrogens is 3. The van der Waals surface area contributed by atoms with Crippen LogP contribution in [0.15, 0.2) is 85.2 Å². The van der Waals surface area contributed by atoms with Crippen LogP contribution in [0, 0.1) is 5.92 Å². The molecule has 4 aromatic rings. The molecule has 3 aliphatic rings. The molecular weight excluding hydrogens is 702 g/mol. The SMILES string of the molecule is CNC(=O)CC1CCN(Cc2cc(Cl)nc(Oc3cnc(N4CCN5C[C@@H](O[Si](c6ccccc6)(c6ccccc6)C(C)(C)C)C[C@@H]5C4)nc3)c2)CC1. The number of nitrogens with one attached hydrogen (secondary N) is 1. The molecule has 3 aliphatic heterocycles. The van der Waals surface area contributed by atoms with Gasteiger partial charge in [0.25, 0.3) is 8.32 Å². The summed E-state index contributed by atoms with van der Waals surface area (Å²) >= 11 is 6.43. The van der Waals surface area contributed by atoms with E-state index in [4.69, 9.17) is 30.7 Å². The van der Waals surface area contributed by atoms with Gasteiger partial charge >= 0.3 is 0 Å². The number of hydrogen-bond donors (Lipinski definition) is 1. The molecule has 5 heterocycles. The van der Waals surface area contributed by atoms with Crippen molar-refractivity contribution in [2.75, 3.05) is 51.2 Å². The van der Waals surface area contributed by atoms with E-state index in [9.17, 15) is 4.79 Å². The summed E-state index contributed by atoms with van der Waals surface area (Å²) in [5.41, 5.74) is 1.04. The zero-order valence-electron chi connectivity index (χ0n) is 31.4. The molecule has 7 rings (SSSR count). The quantitative estimate of drug-likeness (QED) is 0.157. The van der Waals surface area contributed by atoms with E-state index in [2.05, 4.69) is 106 Å². The van der Waals surface area contributed by atoms with E-state index in [1.54, 1.807) is 19.4 Å². The molecule has 0 aliphatic carbocycles. The van der Waals surface area contributed by atoms with Gasteiger partial charge in [-0.3, -0.25) is 14.6 Å². The van der Waals surface area contributed by atoms with Crippen LogP contribution in [0.25, 0.3) is 0 Å². The van der Waals surface area contributed by atoms with Gasteiger partial charge in [-0.2, -0.15) is 0 Å². The van der Waals surface area contributed by atoms with Gasteiger partial charge in [0, 0.05) is 58.3 Å². The highest BCUT2D eigenvalue weighted by Gasteiger charge is 2.53. The van der Waals surface area contributed by atoms with Gasteiger partial charge in [-0.05, 0) is 65.3 Å². The summed E-state index contributed by atoms with van der Waals surface area (Å²) < 4.78 is 13.6. The fourth-order valence-electron chi connectivity index (χ4n) is 8.49. The van der Waals surface area contributed by atoms with Crippen LogP contribution in [0.5, 0.6) is 11.6 Å². The van der Waals surface area contributed by atoms with Gasteiger partial charge in [0.15, 0.2) is 5.75 Å². The first kappa shape index (κ1) is 37.4. The van der Waals surface area contributed by atoms with Crippen LogP contribution in [0.1, 0.15) is 52.0 Å². The zero-order chi connectivity index (χ0) is 37.0. The molecule has 10 nitrogen and oxygen atoms in total. The number of nitrogens with zero attached hydrogens (tertiary/aromatic N) is 6. The van der Waals surface area contributed by atoms with E-state index in [1.165, 1.54) is 10.4 Å². The van der Waals surface area contributed by atoms with Gasteiger partial charge in [0.2, 0.25) is 17.7 Å². The molecule has 3 saturated heterocycles. The minimum absolute atomic E-state index is 0.0580. The number of hydrogen-bond acceptors (Lipinski definition) is 9. The Morgan fingerprint density at radius 2 is 1.58 bits per heavy atom. The molecule has 2 aromatic carbocycles. The minimum Gasteiger partial charge on any atom is -0.436 e. The van der Waals surface area contributed by atoms with Crippen molar-refractivity contribution in [2.24, 2.45) is 5.92 Å². The number of ether oxygens (including phenoxy) is 1. The first-order valence-corrected chi connectivity index (χ1v) is 21.3. The monoisotopic (exact) mass is 753 g/mol. The predicted molar refractivity (Wildman–Crippen MR) is 213 cm³/mol. The standard InChI is InChI=1S/C41H52ClN7O3Si/c1-41(2,3)53(35-11-7-5-8-12-35,36-13-9-6-10-14-36)52-33-24-32-28-49(20-19-48(32)29-33)40-44-25-34(26-45-40)51-39-23-31(21-37(42)46-39)27-47-17-15-30(16-18-47)22-38(50)43-4/h5-14,21,23,25-26,30,32-33H,15-20,22,24,27-29H2,1-4H3,(H,43,50)/t32-,33+/m1/s1. The number of amides is 1. The third-order valence-electron chi connectivity index (χ3n) is 11.2. The summed E-state index contributed by atoms with van der Waals surface area (Å²) in [7, 11) is -0.934. The second-order valence-electron chi connectivity index (χ2n) is 15.8. The lowest BCUT2D eigenvalue weighted by molar-refractivity contribution is -0.121. The van der Waals surface area contributed by atoms with E-state index in [0.717, 1.165) is 70.6 Å². The maximum Gasteiger partial charge on any atom is 0.261 e. The fraction of sp³-hybridized carbons (Fsp3) is 0.463. The van der Waals surface area contributed by atoms with E-state index in [-0.39, 0.29) is 17.0 Å². The number of benzene rings is 2. The first-order chi connectivity index (χ1) is 25.6. The Balaban J connectivity index is 0.973. The molecule has 0 bridgehead atoms. The van der Waals surface area contributed by atoms with Crippen LogP contribution in [-0.4, -0.2) is 97.4 Å². The fourth-order valence-corrected chi connectivity index (χ4v) is 13.4. The van der Waals surface area contributed by atoms with E-state index in [1.807, 2.05) is 12.1 Å².